The first kappa shape index (κ1) is 12.5. The average Bonchev–Trinajstić information content (AvgIpc) is 2.86. The van der Waals surface area contributed by atoms with Gasteiger partial charge in [-0.2, -0.15) is 0 Å². The Kier molecular flexibility index (Phi) is 3.46. The fourth-order valence-corrected chi connectivity index (χ4v) is 3.37. The summed E-state index contributed by atoms with van der Waals surface area (Å²) in [4.78, 5) is 9.97. The molecule has 3 nitrogen and oxygen atoms in total. The van der Waals surface area contributed by atoms with E-state index < -0.39 is 0 Å². The largest absolute Gasteiger partial charge is 0.309 e. The summed E-state index contributed by atoms with van der Waals surface area (Å²) < 4.78 is 0.793. The van der Waals surface area contributed by atoms with E-state index >= 15 is 0 Å². The molecule has 0 aliphatic rings. The molecule has 0 fully saturated rings. The highest BCUT2D eigenvalue weighted by Gasteiger charge is 2.17. The van der Waals surface area contributed by atoms with Crippen LogP contribution in [0, 0.1) is 0 Å². The SMILES string of the molecule is CNC(c1ccc(Cl)s1)c1cccc2nccnc12. The summed E-state index contributed by atoms with van der Waals surface area (Å²) in [6.07, 6.45) is 3.43. The number of hydrogen-bond donors (Lipinski definition) is 1. The van der Waals surface area contributed by atoms with Crippen LogP contribution in [0.1, 0.15) is 16.5 Å². The third-order valence-electron chi connectivity index (χ3n) is 3.01. The summed E-state index contributed by atoms with van der Waals surface area (Å²) in [5.41, 5.74) is 2.95. The number of nitrogens with one attached hydrogen (secondary N) is 1. The molecule has 3 aromatic rings. The Bertz CT molecular complexity index is 705. The first-order valence-corrected chi connectivity index (χ1v) is 7.11. The van der Waals surface area contributed by atoms with E-state index in [2.05, 4.69) is 21.4 Å². The number of aromatic nitrogens is 2. The molecule has 2 aromatic heterocycles. The molecule has 5 heteroatoms. The molecule has 0 radical (unpaired) electrons. The van der Waals surface area contributed by atoms with E-state index in [9.17, 15) is 0 Å². The van der Waals surface area contributed by atoms with Crippen LogP contribution < -0.4 is 5.32 Å². The maximum Gasteiger partial charge on any atom is 0.0938 e. The fourth-order valence-electron chi connectivity index (χ4n) is 2.18. The minimum Gasteiger partial charge on any atom is -0.309 e. The third kappa shape index (κ3) is 2.34. The fraction of sp³-hybridized carbons (Fsp3) is 0.143. The van der Waals surface area contributed by atoms with Crippen molar-refractivity contribution in [3.05, 3.63) is 57.5 Å². The summed E-state index contributed by atoms with van der Waals surface area (Å²) in [5.74, 6) is 0. The van der Waals surface area contributed by atoms with Gasteiger partial charge in [0, 0.05) is 22.8 Å². The van der Waals surface area contributed by atoms with Crippen LogP contribution in [0.5, 0.6) is 0 Å². The van der Waals surface area contributed by atoms with Crippen molar-refractivity contribution in [2.45, 2.75) is 6.04 Å². The summed E-state index contributed by atoms with van der Waals surface area (Å²) in [7, 11) is 1.94. The van der Waals surface area contributed by atoms with Crippen LogP contribution in [-0.2, 0) is 0 Å². The van der Waals surface area contributed by atoms with Gasteiger partial charge in [0.05, 0.1) is 21.4 Å². The van der Waals surface area contributed by atoms with Crippen LogP contribution in [-0.4, -0.2) is 17.0 Å². The minimum absolute atomic E-state index is 0.0814. The minimum atomic E-state index is 0.0814. The van der Waals surface area contributed by atoms with E-state index in [0.29, 0.717) is 0 Å². The zero-order valence-corrected chi connectivity index (χ0v) is 11.9. The van der Waals surface area contributed by atoms with Gasteiger partial charge < -0.3 is 5.32 Å². The van der Waals surface area contributed by atoms with Crippen molar-refractivity contribution < 1.29 is 0 Å². The Hall–Kier alpha value is -1.49. The Balaban J connectivity index is 2.16. The number of rotatable bonds is 3. The van der Waals surface area contributed by atoms with Crippen molar-refractivity contribution in [1.82, 2.24) is 15.3 Å². The Labute approximate surface area is 120 Å². The molecular weight excluding hydrogens is 278 g/mol. The standard InChI is InChI=1S/C14H12ClN3S/c1-16-14(11-5-6-12(15)19-11)9-3-2-4-10-13(9)18-8-7-17-10/h2-8,14,16H,1H3. The van der Waals surface area contributed by atoms with E-state index in [1.165, 1.54) is 4.88 Å². The van der Waals surface area contributed by atoms with Crippen molar-refractivity contribution >= 4 is 34.0 Å². The maximum atomic E-state index is 6.03. The molecule has 1 aromatic carbocycles. The normalized spacial score (nSPS) is 12.7. The molecule has 19 heavy (non-hydrogen) atoms. The van der Waals surface area contributed by atoms with Gasteiger partial charge in [-0.1, -0.05) is 23.7 Å². The zero-order valence-electron chi connectivity index (χ0n) is 10.3. The Morgan fingerprint density at radius 1 is 1.16 bits per heavy atom. The van der Waals surface area contributed by atoms with E-state index in [4.69, 9.17) is 11.6 Å². The molecule has 1 N–H and O–H groups in total. The quantitative estimate of drug-likeness (QED) is 0.800. The number of fused-ring (bicyclic) bond motifs is 1. The molecule has 0 bridgehead atoms. The van der Waals surface area contributed by atoms with Crippen molar-refractivity contribution in [1.29, 1.82) is 0 Å². The average molecular weight is 290 g/mol. The zero-order chi connectivity index (χ0) is 13.2. The van der Waals surface area contributed by atoms with Crippen LogP contribution in [0.3, 0.4) is 0 Å². The molecule has 1 atom stereocenters. The van der Waals surface area contributed by atoms with E-state index in [-0.39, 0.29) is 6.04 Å². The molecule has 3 rings (SSSR count). The number of hydrogen-bond acceptors (Lipinski definition) is 4. The number of nitrogens with zero attached hydrogens (tertiary/aromatic N) is 2. The lowest BCUT2D eigenvalue weighted by atomic mass is 10.0. The Morgan fingerprint density at radius 3 is 2.74 bits per heavy atom. The molecule has 0 saturated carbocycles. The molecule has 96 valence electrons. The van der Waals surface area contributed by atoms with Crippen molar-refractivity contribution in [2.24, 2.45) is 0 Å². The first-order chi connectivity index (χ1) is 9.29. The highest BCUT2D eigenvalue weighted by atomic mass is 35.5. The maximum absolute atomic E-state index is 6.03. The second-order valence-corrected chi connectivity index (χ2v) is 5.88. The molecule has 0 amide bonds. The number of halogens is 1. The van der Waals surface area contributed by atoms with Crippen LogP contribution in [0.25, 0.3) is 11.0 Å². The second kappa shape index (κ2) is 5.25. The molecule has 1 unspecified atom stereocenters. The highest BCUT2D eigenvalue weighted by Crippen LogP contribution is 2.32. The molecule has 0 saturated heterocycles. The van der Waals surface area contributed by atoms with Crippen molar-refractivity contribution in [3.8, 4) is 0 Å². The van der Waals surface area contributed by atoms with Crippen LogP contribution in [0.4, 0.5) is 0 Å². The molecule has 0 aliphatic carbocycles. The van der Waals surface area contributed by atoms with Gasteiger partial charge in [-0.05, 0) is 25.2 Å². The second-order valence-electron chi connectivity index (χ2n) is 4.13. The van der Waals surface area contributed by atoms with Gasteiger partial charge in [-0.3, -0.25) is 9.97 Å². The molecule has 0 spiro atoms. The van der Waals surface area contributed by atoms with Gasteiger partial charge >= 0.3 is 0 Å². The monoisotopic (exact) mass is 289 g/mol. The van der Waals surface area contributed by atoms with Crippen molar-refractivity contribution in [2.75, 3.05) is 7.05 Å². The van der Waals surface area contributed by atoms with Gasteiger partial charge in [-0.25, -0.2) is 0 Å². The topological polar surface area (TPSA) is 37.8 Å². The summed E-state index contributed by atoms with van der Waals surface area (Å²) in [6, 6.07) is 10.1. The smallest absolute Gasteiger partial charge is 0.0938 e. The van der Waals surface area contributed by atoms with Gasteiger partial charge in [0.2, 0.25) is 0 Å². The van der Waals surface area contributed by atoms with Gasteiger partial charge in [0.25, 0.3) is 0 Å². The van der Waals surface area contributed by atoms with Crippen LogP contribution in [0.15, 0.2) is 42.7 Å². The van der Waals surface area contributed by atoms with Gasteiger partial charge in [0.1, 0.15) is 0 Å². The number of thiophene rings is 1. The molecule has 0 aliphatic heterocycles. The third-order valence-corrected chi connectivity index (χ3v) is 4.30. The summed E-state index contributed by atoms with van der Waals surface area (Å²) in [6.45, 7) is 0. The number of benzene rings is 1. The van der Waals surface area contributed by atoms with Gasteiger partial charge in [0.15, 0.2) is 0 Å². The molecular formula is C14H12ClN3S. The van der Waals surface area contributed by atoms with Crippen LogP contribution in [0.2, 0.25) is 4.34 Å². The van der Waals surface area contributed by atoms with Crippen molar-refractivity contribution in [3.63, 3.8) is 0 Å². The van der Waals surface area contributed by atoms with E-state index in [1.54, 1.807) is 23.7 Å². The summed E-state index contributed by atoms with van der Waals surface area (Å²) in [5, 5.41) is 3.32. The van der Waals surface area contributed by atoms with Crippen LogP contribution >= 0.6 is 22.9 Å². The molecule has 2 heterocycles. The summed E-state index contributed by atoms with van der Waals surface area (Å²) >= 11 is 7.61. The predicted octanol–water partition coefficient (Wildman–Crippen LogP) is 3.65. The number of para-hydroxylation sites is 1. The highest BCUT2D eigenvalue weighted by molar-refractivity contribution is 7.16. The van der Waals surface area contributed by atoms with E-state index in [1.807, 2.05) is 31.3 Å². The lowest BCUT2D eigenvalue weighted by molar-refractivity contribution is 0.707. The lowest BCUT2D eigenvalue weighted by Crippen LogP contribution is -2.17. The predicted molar refractivity (Wildman–Crippen MR) is 79.8 cm³/mol. The lowest BCUT2D eigenvalue weighted by Gasteiger charge is -2.16. The first-order valence-electron chi connectivity index (χ1n) is 5.91. The van der Waals surface area contributed by atoms with Gasteiger partial charge in [-0.15, -0.1) is 11.3 Å². The Morgan fingerprint density at radius 2 is 2.00 bits per heavy atom. The van der Waals surface area contributed by atoms with E-state index in [0.717, 1.165) is 20.9 Å².